The zero-order chi connectivity index (χ0) is 16.5. The quantitative estimate of drug-likeness (QED) is 0.864. The Hall–Kier alpha value is -1.95. The van der Waals surface area contributed by atoms with E-state index in [2.05, 4.69) is 5.32 Å². The van der Waals surface area contributed by atoms with Crippen LogP contribution in [-0.4, -0.2) is 30.3 Å². The maximum Gasteiger partial charge on any atom is 0.339 e. The van der Waals surface area contributed by atoms with Crippen molar-refractivity contribution in [3.63, 3.8) is 0 Å². The van der Waals surface area contributed by atoms with E-state index in [-0.39, 0.29) is 23.3 Å². The van der Waals surface area contributed by atoms with Crippen LogP contribution in [0.5, 0.6) is 11.5 Å². The molecule has 2 rings (SSSR count). The molecule has 1 aliphatic rings. The molecule has 1 unspecified atom stereocenters. The minimum Gasteiger partial charge on any atom is -0.454 e. The van der Waals surface area contributed by atoms with Crippen LogP contribution >= 0.6 is 11.6 Å². The fraction of sp³-hybridized carbons (Fsp3) is 0.467. The molecule has 0 aliphatic carbocycles. The fourth-order valence-electron chi connectivity index (χ4n) is 1.84. The van der Waals surface area contributed by atoms with E-state index < -0.39 is 17.6 Å². The normalized spacial score (nSPS) is 14.4. The summed E-state index contributed by atoms with van der Waals surface area (Å²) in [4.78, 5) is 24.0. The average molecular weight is 328 g/mol. The smallest absolute Gasteiger partial charge is 0.339 e. The van der Waals surface area contributed by atoms with Gasteiger partial charge in [0.15, 0.2) is 17.6 Å². The number of halogens is 1. The van der Waals surface area contributed by atoms with Crippen LogP contribution < -0.4 is 14.8 Å². The molecule has 22 heavy (non-hydrogen) atoms. The maximum atomic E-state index is 12.1. The van der Waals surface area contributed by atoms with Gasteiger partial charge in [0, 0.05) is 5.54 Å². The Kier molecular flexibility index (Phi) is 4.51. The SMILES string of the molecule is CC(OC(=O)c1cc(Cl)c2c(c1)OCO2)C(=O)NC(C)(C)C. The Balaban J connectivity index is 2.06. The number of carbonyl (C=O) groups excluding carboxylic acids is 2. The molecule has 1 aliphatic heterocycles. The first-order chi connectivity index (χ1) is 10.2. The lowest BCUT2D eigenvalue weighted by Crippen LogP contribution is -2.46. The number of fused-ring (bicyclic) bond motifs is 1. The highest BCUT2D eigenvalue weighted by molar-refractivity contribution is 6.32. The summed E-state index contributed by atoms with van der Waals surface area (Å²) in [6.07, 6.45) is -0.920. The predicted octanol–water partition coefficient (Wildman–Crippen LogP) is 2.53. The molecule has 1 amide bonds. The maximum absolute atomic E-state index is 12.1. The summed E-state index contributed by atoms with van der Waals surface area (Å²) < 4.78 is 15.5. The molecule has 7 heteroatoms. The van der Waals surface area contributed by atoms with E-state index in [4.69, 9.17) is 25.8 Å². The van der Waals surface area contributed by atoms with E-state index in [0.29, 0.717) is 11.5 Å². The van der Waals surface area contributed by atoms with Gasteiger partial charge in [0.05, 0.1) is 10.6 Å². The lowest BCUT2D eigenvalue weighted by Gasteiger charge is -2.23. The first-order valence-corrected chi connectivity index (χ1v) is 7.17. The van der Waals surface area contributed by atoms with Crippen LogP contribution in [0, 0.1) is 0 Å². The summed E-state index contributed by atoms with van der Waals surface area (Å²) in [6.45, 7) is 7.09. The minimum atomic E-state index is -0.920. The lowest BCUT2D eigenvalue weighted by molar-refractivity contribution is -0.130. The number of amides is 1. The summed E-state index contributed by atoms with van der Waals surface area (Å²) in [6, 6.07) is 2.90. The third-order valence-electron chi connectivity index (χ3n) is 2.81. The van der Waals surface area contributed by atoms with Gasteiger partial charge in [0.25, 0.3) is 5.91 Å². The van der Waals surface area contributed by atoms with Gasteiger partial charge in [0.2, 0.25) is 6.79 Å². The monoisotopic (exact) mass is 327 g/mol. The predicted molar refractivity (Wildman–Crippen MR) is 80.3 cm³/mol. The van der Waals surface area contributed by atoms with Crippen molar-refractivity contribution in [2.45, 2.75) is 39.3 Å². The third kappa shape index (κ3) is 3.82. The highest BCUT2D eigenvalue weighted by Crippen LogP contribution is 2.39. The topological polar surface area (TPSA) is 73.9 Å². The Labute approximate surface area is 133 Å². The molecule has 1 N–H and O–H groups in total. The number of carbonyl (C=O) groups is 2. The van der Waals surface area contributed by atoms with Gasteiger partial charge < -0.3 is 19.5 Å². The number of hydrogen-bond donors (Lipinski definition) is 1. The van der Waals surface area contributed by atoms with Crippen molar-refractivity contribution < 1.29 is 23.8 Å². The zero-order valence-electron chi connectivity index (χ0n) is 12.9. The molecule has 0 bridgehead atoms. The standard InChI is InChI=1S/C15H18ClNO5/c1-8(13(18)17-15(2,3)4)22-14(19)9-5-10(16)12-11(6-9)20-7-21-12/h5-6,8H,7H2,1-4H3,(H,17,18). The van der Waals surface area contributed by atoms with Crippen molar-refractivity contribution in [3.8, 4) is 11.5 Å². The number of nitrogens with one attached hydrogen (secondary N) is 1. The van der Waals surface area contributed by atoms with E-state index in [1.807, 2.05) is 20.8 Å². The summed E-state index contributed by atoms with van der Waals surface area (Å²) in [5.74, 6) is -0.243. The van der Waals surface area contributed by atoms with Gasteiger partial charge in [-0.2, -0.15) is 0 Å². The first kappa shape index (κ1) is 16.4. The first-order valence-electron chi connectivity index (χ1n) is 6.79. The fourth-order valence-corrected chi connectivity index (χ4v) is 2.10. The van der Waals surface area contributed by atoms with Crippen molar-refractivity contribution in [1.29, 1.82) is 0 Å². The van der Waals surface area contributed by atoms with Crippen molar-refractivity contribution >= 4 is 23.5 Å². The molecule has 0 saturated carbocycles. The number of rotatable bonds is 3. The van der Waals surface area contributed by atoms with Crippen molar-refractivity contribution in [2.24, 2.45) is 0 Å². The Morgan fingerprint density at radius 1 is 1.32 bits per heavy atom. The van der Waals surface area contributed by atoms with Gasteiger partial charge in [-0.25, -0.2) is 4.79 Å². The van der Waals surface area contributed by atoms with Crippen LogP contribution in [0.25, 0.3) is 0 Å². The molecule has 0 aromatic heterocycles. The van der Waals surface area contributed by atoms with Gasteiger partial charge in [-0.1, -0.05) is 11.6 Å². The summed E-state index contributed by atoms with van der Waals surface area (Å²) in [7, 11) is 0. The largest absolute Gasteiger partial charge is 0.454 e. The molecule has 0 spiro atoms. The molecule has 0 radical (unpaired) electrons. The Morgan fingerprint density at radius 2 is 2.00 bits per heavy atom. The molecular weight excluding hydrogens is 310 g/mol. The van der Waals surface area contributed by atoms with Crippen molar-refractivity contribution in [2.75, 3.05) is 6.79 Å². The molecule has 0 saturated heterocycles. The number of esters is 1. The third-order valence-corrected chi connectivity index (χ3v) is 3.09. The van der Waals surface area contributed by atoms with Crippen molar-refractivity contribution in [1.82, 2.24) is 5.32 Å². The molecular formula is C15H18ClNO5. The second kappa shape index (κ2) is 6.04. The van der Waals surface area contributed by atoms with Gasteiger partial charge in [-0.15, -0.1) is 0 Å². The second-order valence-electron chi connectivity index (χ2n) is 5.98. The summed E-state index contributed by atoms with van der Waals surface area (Å²) >= 11 is 6.01. The van der Waals surface area contributed by atoms with E-state index in [1.54, 1.807) is 0 Å². The van der Waals surface area contributed by atoms with E-state index in [9.17, 15) is 9.59 Å². The molecule has 1 heterocycles. The number of hydrogen-bond acceptors (Lipinski definition) is 5. The van der Waals surface area contributed by atoms with Gasteiger partial charge in [0.1, 0.15) is 0 Å². The molecule has 1 aromatic rings. The van der Waals surface area contributed by atoms with E-state index >= 15 is 0 Å². The van der Waals surface area contributed by atoms with Crippen molar-refractivity contribution in [3.05, 3.63) is 22.7 Å². The molecule has 1 atom stereocenters. The molecule has 6 nitrogen and oxygen atoms in total. The molecule has 120 valence electrons. The van der Waals surface area contributed by atoms with Crippen LogP contribution in [0.1, 0.15) is 38.1 Å². The van der Waals surface area contributed by atoms with Crippen LogP contribution in [0.15, 0.2) is 12.1 Å². The highest BCUT2D eigenvalue weighted by atomic mass is 35.5. The van der Waals surface area contributed by atoms with Crippen LogP contribution in [0.3, 0.4) is 0 Å². The van der Waals surface area contributed by atoms with Crippen LogP contribution in [0.4, 0.5) is 0 Å². The zero-order valence-corrected chi connectivity index (χ0v) is 13.6. The highest BCUT2D eigenvalue weighted by Gasteiger charge is 2.25. The second-order valence-corrected chi connectivity index (χ2v) is 6.39. The van der Waals surface area contributed by atoms with Crippen LogP contribution in [-0.2, 0) is 9.53 Å². The van der Waals surface area contributed by atoms with Gasteiger partial charge >= 0.3 is 5.97 Å². The summed E-state index contributed by atoms with van der Waals surface area (Å²) in [5.41, 5.74) is -0.204. The summed E-state index contributed by atoms with van der Waals surface area (Å²) in [5, 5.41) is 3.00. The lowest BCUT2D eigenvalue weighted by atomic mass is 10.1. The Morgan fingerprint density at radius 3 is 2.64 bits per heavy atom. The van der Waals surface area contributed by atoms with Crippen LogP contribution in [0.2, 0.25) is 5.02 Å². The van der Waals surface area contributed by atoms with E-state index in [1.165, 1.54) is 19.1 Å². The van der Waals surface area contributed by atoms with Gasteiger partial charge in [-0.3, -0.25) is 4.79 Å². The number of ether oxygens (including phenoxy) is 3. The van der Waals surface area contributed by atoms with E-state index in [0.717, 1.165) is 0 Å². The Bertz CT molecular complexity index is 609. The average Bonchev–Trinajstić information content (AvgIpc) is 2.85. The molecule has 0 fully saturated rings. The molecule has 1 aromatic carbocycles. The van der Waals surface area contributed by atoms with Gasteiger partial charge in [-0.05, 0) is 39.8 Å². The number of benzene rings is 1. The minimum absolute atomic E-state index is 0.0535.